The van der Waals surface area contributed by atoms with Crippen LogP contribution in [0, 0.1) is 6.92 Å². The van der Waals surface area contributed by atoms with Crippen molar-refractivity contribution in [1.29, 1.82) is 0 Å². The second kappa shape index (κ2) is 8.16. The molecule has 0 N–H and O–H groups in total. The number of aryl methyl sites for hydroxylation is 1. The first-order chi connectivity index (χ1) is 14.4. The van der Waals surface area contributed by atoms with E-state index in [4.69, 9.17) is 14.2 Å². The van der Waals surface area contributed by atoms with E-state index in [0.29, 0.717) is 33.9 Å². The Bertz CT molecular complexity index is 1180. The van der Waals surface area contributed by atoms with Gasteiger partial charge in [-0.3, -0.25) is 4.79 Å². The summed E-state index contributed by atoms with van der Waals surface area (Å²) in [6, 6.07) is 17.4. The Hall–Kier alpha value is -3.38. The zero-order chi connectivity index (χ0) is 21.3. The van der Waals surface area contributed by atoms with E-state index in [9.17, 15) is 9.59 Å². The highest BCUT2D eigenvalue weighted by atomic mass is 79.9. The molecule has 0 saturated heterocycles. The van der Waals surface area contributed by atoms with Gasteiger partial charge in [0, 0.05) is 10.5 Å². The Kier molecular flexibility index (Phi) is 5.42. The van der Waals surface area contributed by atoms with Crippen molar-refractivity contribution < 1.29 is 23.8 Å². The van der Waals surface area contributed by atoms with Crippen LogP contribution in [0.3, 0.4) is 0 Å². The van der Waals surface area contributed by atoms with Crippen LogP contribution in [0.25, 0.3) is 6.08 Å². The summed E-state index contributed by atoms with van der Waals surface area (Å²) in [7, 11) is 1.56. The van der Waals surface area contributed by atoms with Crippen LogP contribution in [0.4, 0.5) is 0 Å². The van der Waals surface area contributed by atoms with E-state index in [2.05, 4.69) is 15.9 Å². The molecule has 0 fully saturated rings. The number of fused-ring (bicyclic) bond motifs is 1. The van der Waals surface area contributed by atoms with Crippen LogP contribution in [-0.2, 0) is 0 Å². The molecule has 1 heterocycles. The minimum Gasteiger partial charge on any atom is -0.497 e. The summed E-state index contributed by atoms with van der Waals surface area (Å²) in [6.07, 6.45) is 1.69. The van der Waals surface area contributed by atoms with Crippen molar-refractivity contribution in [3.63, 3.8) is 0 Å². The molecule has 3 aromatic rings. The molecule has 0 radical (unpaired) electrons. The lowest BCUT2D eigenvalue weighted by Gasteiger charge is -2.08. The van der Waals surface area contributed by atoms with Crippen LogP contribution in [0.15, 0.2) is 70.9 Å². The van der Waals surface area contributed by atoms with Gasteiger partial charge in [0.1, 0.15) is 17.2 Å². The summed E-state index contributed by atoms with van der Waals surface area (Å²) >= 11 is 3.42. The molecular weight excluding hydrogens is 448 g/mol. The molecular formula is C24H17BrO5. The molecule has 0 aromatic heterocycles. The smallest absolute Gasteiger partial charge is 0.343 e. The van der Waals surface area contributed by atoms with Crippen LogP contribution in [0.2, 0.25) is 0 Å². The number of methoxy groups -OCH3 is 1. The molecule has 5 nitrogen and oxygen atoms in total. The number of ether oxygens (including phenoxy) is 3. The third-order valence-corrected chi connectivity index (χ3v) is 5.12. The van der Waals surface area contributed by atoms with E-state index in [1.54, 1.807) is 56.5 Å². The maximum absolute atomic E-state index is 12.8. The van der Waals surface area contributed by atoms with Gasteiger partial charge in [0.2, 0.25) is 5.78 Å². The Morgan fingerprint density at radius 1 is 1.03 bits per heavy atom. The van der Waals surface area contributed by atoms with Gasteiger partial charge in [0.15, 0.2) is 5.76 Å². The standard InChI is InChI=1S/C24H17BrO5/c1-14-10-19(29-24(27)16-6-8-18(28-2)9-7-16)13-20-22(14)23(26)21(30-20)12-15-4-3-5-17(25)11-15/h3-13H,1-2H3/b21-12-. The van der Waals surface area contributed by atoms with Gasteiger partial charge in [-0.1, -0.05) is 28.1 Å². The number of hydrogen-bond acceptors (Lipinski definition) is 5. The van der Waals surface area contributed by atoms with E-state index >= 15 is 0 Å². The third kappa shape index (κ3) is 4.00. The monoisotopic (exact) mass is 464 g/mol. The maximum atomic E-state index is 12.8. The minimum atomic E-state index is -0.508. The van der Waals surface area contributed by atoms with Crippen LogP contribution in [0.5, 0.6) is 17.2 Å². The van der Waals surface area contributed by atoms with Gasteiger partial charge in [-0.05, 0) is 66.6 Å². The first kappa shape index (κ1) is 19.9. The highest BCUT2D eigenvalue weighted by Gasteiger charge is 2.30. The third-order valence-electron chi connectivity index (χ3n) is 4.63. The molecule has 30 heavy (non-hydrogen) atoms. The second-order valence-corrected chi connectivity index (χ2v) is 7.64. The van der Waals surface area contributed by atoms with Gasteiger partial charge >= 0.3 is 5.97 Å². The number of hydrogen-bond donors (Lipinski definition) is 0. The number of benzene rings is 3. The number of carbonyl (C=O) groups excluding carboxylic acids is 2. The molecule has 4 rings (SSSR count). The predicted molar refractivity (Wildman–Crippen MR) is 116 cm³/mol. The highest BCUT2D eigenvalue weighted by molar-refractivity contribution is 9.10. The van der Waals surface area contributed by atoms with Crippen LogP contribution in [-0.4, -0.2) is 18.9 Å². The molecule has 0 saturated carbocycles. The SMILES string of the molecule is COc1ccc(C(=O)Oc2cc(C)c3c(c2)O/C(=C\c2cccc(Br)c2)C3=O)cc1. The highest BCUT2D eigenvalue weighted by Crippen LogP contribution is 2.37. The number of rotatable bonds is 4. The lowest BCUT2D eigenvalue weighted by atomic mass is 10.0. The molecule has 1 aliphatic heterocycles. The number of Topliss-reactive ketones (excluding diaryl/α,β-unsaturated/α-hetero) is 1. The van der Waals surface area contributed by atoms with E-state index in [0.717, 1.165) is 10.0 Å². The quantitative estimate of drug-likeness (QED) is 0.285. The number of carbonyl (C=O) groups is 2. The average Bonchev–Trinajstić information content (AvgIpc) is 3.03. The Labute approximate surface area is 182 Å². The average molecular weight is 465 g/mol. The minimum absolute atomic E-state index is 0.199. The summed E-state index contributed by atoms with van der Waals surface area (Å²) < 4.78 is 17.3. The van der Waals surface area contributed by atoms with Crippen molar-refractivity contribution in [2.45, 2.75) is 6.92 Å². The van der Waals surface area contributed by atoms with Crippen LogP contribution in [0.1, 0.15) is 31.8 Å². The number of ketones is 1. The molecule has 0 bridgehead atoms. The fourth-order valence-electron chi connectivity index (χ4n) is 3.18. The van der Waals surface area contributed by atoms with Crippen molar-refractivity contribution in [2.24, 2.45) is 0 Å². The fourth-order valence-corrected chi connectivity index (χ4v) is 3.59. The van der Waals surface area contributed by atoms with Gasteiger partial charge in [-0.2, -0.15) is 0 Å². The van der Waals surface area contributed by atoms with Crippen molar-refractivity contribution in [1.82, 2.24) is 0 Å². The first-order valence-corrected chi connectivity index (χ1v) is 9.94. The van der Waals surface area contributed by atoms with Gasteiger partial charge in [0.25, 0.3) is 0 Å². The van der Waals surface area contributed by atoms with Gasteiger partial charge in [0.05, 0.1) is 18.2 Å². The van der Waals surface area contributed by atoms with E-state index < -0.39 is 5.97 Å². The van der Waals surface area contributed by atoms with Gasteiger partial charge in [-0.25, -0.2) is 4.79 Å². The summed E-state index contributed by atoms with van der Waals surface area (Å²) in [5.41, 5.74) is 2.37. The summed E-state index contributed by atoms with van der Waals surface area (Å²) in [4.78, 5) is 25.2. The van der Waals surface area contributed by atoms with Crippen molar-refractivity contribution in [3.8, 4) is 17.2 Å². The summed E-state index contributed by atoms with van der Waals surface area (Å²) in [5.74, 6) is 0.852. The number of allylic oxidation sites excluding steroid dienone is 1. The molecule has 0 atom stereocenters. The molecule has 0 amide bonds. The van der Waals surface area contributed by atoms with Gasteiger partial charge in [-0.15, -0.1) is 0 Å². The number of halogens is 1. The first-order valence-electron chi connectivity index (χ1n) is 9.15. The lowest BCUT2D eigenvalue weighted by Crippen LogP contribution is -2.08. The normalized spacial score (nSPS) is 13.7. The molecule has 3 aromatic carbocycles. The van der Waals surface area contributed by atoms with E-state index in [1.807, 2.05) is 24.3 Å². The summed E-state index contributed by atoms with van der Waals surface area (Å²) in [6.45, 7) is 1.78. The van der Waals surface area contributed by atoms with Crippen LogP contribution < -0.4 is 14.2 Å². The molecule has 0 unspecified atom stereocenters. The summed E-state index contributed by atoms with van der Waals surface area (Å²) in [5, 5.41) is 0. The molecule has 0 spiro atoms. The van der Waals surface area contributed by atoms with E-state index in [1.165, 1.54) is 0 Å². The lowest BCUT2D eigenvalue weighted by molar-refractivity contribution is 0.0734. The zero-order valence-corrected chi connectivity index (χ0v) is 17.9. The molecule has 6 heteroatoms. The Balaban J connectivity index is 1.58. The maximum Gasteiger partial charge on any atom is 0.343 e. The fraction of sp³-hybridized carbons (Fsp3) is 0.0833. The van der Waals surface area contributed by atoms with Crippen molar-refractivity contribution >= 4 is 33.8 Å². The van der Waals surface area contributed by atoms with Gasteiger partial charge < -0.3 is 14.2 Å². The van der Waals surface area contributed by atoms with E-state index in [-0.39, 0.29) is 11.5 Å². The van der Waals surface area contributed by atoms with Crippen LogP contribution >= 0.6 is 15.9 Å². The topological polar surface area (TPSA) is 61.8 Å². The van der Waals surface area contributed by atoms with Crippen molar-refractivity contribution in [3.05, 3.63) is 93.1 Å². The zero-order valence-electron chi connectivity index (χ0n) is 16.3. The number of esters is 1. The van der Waals surface area contributed by atoms with Crippen molar-refractivity contribution in [2.75, 3.05) is 7.11 Å². The Morgan fingerprint density at radius 3 is 2.50 bits per heavy atom. The largest absolute Gasteiger partial charge is 0.497 e. The second-order valence-electron chi connectivity index (χ2n) is 6.73. The molecule has 1 aliphatic rings. The molecule has 150 valence electrons. The molecule has 0 aliphatic carbocycles. The Morgan fingerprint density at radius 2 is 1.80 bits per heavy atom. The predicted octanol–water partition coefficient (Wildman–Crippen LogP) is 5.60.